The van der Waals surface area contributed by atoms with Gasteiger partial charge < -0.3 is 4.74 Å². The van der Waals surface area contributed by atoms with E-state index in [1.165, 1.54) is 6.20 Å². The first kappa shape index (κ1) is 10.5. The van der Waals surface area contributed by atoms with Crippen molar-refractivity contribution in [3.05, 3.63) is 53.3 Å². The van der Waals surface area contributed by atoms with E-state index >= 15 is 0 Å². The number of pyridine rings is 1. The molecule has 2 rings (SSSR count). The van der Waals surface area contributed by atoms with Gasteiger partial charge in [0.05, 0.1) is 11.2 Å². The molecule has 78 valence electrons. The van der Waals surface area contributed by atoms with Crippen molar-refractivity contribution in [1.29, 1.82) is 5.26 Å². The second-order valence-electron chi connectivity index (χ2n) is 3.02. The molecule has 1 aromatic heterocycles. The van der Waals surface area contributed by atoms with Crippen LogP contribution >= 0.6 is 11.6 Å². The van der Waals surface area contributed by atoms with Gasteiger partial charge in [-0.3, -0.25) is 0 Å². The molecule has 0 aliphatic carbocycles. The third-order valence-corrected chi connectivity index (χ3v) is 2.23. The molecule has 0 N–H and O–H groups in total. The summed E-state index contributed by atoms with van der Waals surface area (Å²) in [7, 11) is 0. The van der Waals surface area contributed by atoms with Crippen molar-refractivity contribution in [2.45, 2.75) is 0 Å². The molecule has 0 fully saturated rings. The van der Waals surface area contributed by atoms with Crippen molar-refractivity contribution >= 4 is 11.6 Å². The van der Waals surface area contributed by atoms with Crippen LogP contribution in [0.15, 0.2) is 42.6 Å². The molecule has 2 aromatic rings. The summed E-state index contributed by atoms with van der Waals surface area (Å²) in [5, 5.41) is 9.12. The van der Waals surface area contributed by atoms with Crippen molar-refractivity contribution in [2.75, 3.05) is 0 Å². The smallest absolute Gasteiger partial charge is 0.146 e. The SMILES string of the molecule is N#Cc1ccc(Oc2ccccc2Cl)cn1. The van der Waals surface area contributed by atoms with Gasteiger partial charge >= 0.3 is 0 Å². The lowest BCUT2D eigenvalue weighted by atomic mass is 10.3. The van der Waals surface area contributed by atoms with Crippen molar-refractivity contribution in [1.82, 2.24) is 4.98 Å². The van der Waals surface area contributed by atoms with Crippen molar-refractivity contribution in [3.8, 4) is 17.6 Å². The average molecular weight is 231 g/mol. The lowest BCUT2D eigenvalue weighted by Gasteiger charge is -2.06. The van der Waals surface area contributed by atoms with Gasteiger partial charge in [0.25, 0.3) is 0 Å². The summed E-state index contributed by atoms with van der Waals surface area (Å²) < 4.78 is 5.50. The summed E-state index contributed by atoms with van der Waals surface area (Å²) in [6.45, 7) is 0. The first-order valence-electron chi connectivity index (χ1n) is 4.58. The Morgan fingerprint density at radius 2 is 2.00 bits per heavy atom. The van der Waals surface area contributed by atoms with Gasteiger partial charge in [-0.15, -0.1) is 0 Å². The molecule has 1 heterocycles. The van der Waals surface area contributed by atoms with Gasteiger partial charge in [-0.25, -0.2) is 4.98 Å². The molecule has 3 nitrogen and oxygen atoms in total. The Labute approximate surface area is 97.9 Å². The van der Waals surface area contributed by atoms with Crippen LogP contribution in [-0.2, 0) is 0 Å². The Kier molecular flexibility index (Phi) is 3.04. The van der Waals surface area contributed by atoms with Crippen LogP contribution in [0.25, 0.3) is 0 Å². The van der Waals surface area contributed by atoms with E-state index in [0.29, 0.717) is 22.2 Å². The molecule has 0 spiro atoms. The maximum Gasteiger partial charge on any atom is 0.146 e. The fourth-order valence-electron chi connectivity index (χ4n) is 1.16. The number of hydrogen-bond donors (Lipinski definition) is 0. The fourth-order valence-corrected chi connectivity index (χ4v) is 1.34. The molecular weight excluding hydrogens is 224 g/mol. The van der Waals surface area contributed by atoms with Gasteiger partial charge in [-0.1, -0.05) is 23.7 Å². The van der Waals surface area contributed by atoms with E-state index in [2.05, 4.69) is 4.98 Å². The monoisotopic (exact) mass is 230 g/mol. The maximum atomic E-state index is 8.59. The van der Waals surface area contributed by atoms with E-state index < -0.39 is 0 Å². The third-order valence-electron chi connectivity index (χ3n) is 1.92. The van der Waals surface area contributed by atoms with Gasteiger partial charge in [0.2, 0.25) is 0 Å². The molecule has 0 unspecified atom stereocenters. The Morgan fingerprint density at radius 1 is 1.19 bits per heavy atom. The Morgan fingerprint density at radius 3 is 2.62 bits per heavy atom. The number of benzene rings is 1. The van der Waals surface area contributed by atoms with Crippen LogP contribution in [-0.4, -0.2) is 4.98 Å². The highest BCUT2D eigenvalue weighted by Gasteiger charge is 2.02. The summed E-state index contributed by atoms with van der Waals surface area (Å²) in [5.41, 5.74) is 0.353. The van der Waals surface area contributed by atoms with Crippen LogP contribution in [0.3, 0.4) is 0 Å². The minimum absolute atomic E-state index is 0.353. The van der Waals surface area contributed by atoms with Gasteiger partial charge in [0.15, 0.2) is 0 Å². The second kappa shape index (κ2) is 4.65. The second-order valence-corrected chi connectivity index (χ2v) is 3.43. The van der Waals surface area contributed by atoms with E-state index in [1.54, 1.807) is 24.3 Å². The zero-order valence-corrected chi connectivity index (χ0v) is 8.98. The van der Waals surface area contributed by atoms with Crippen LogP contribution in [0.2, 0.25) is 5.02 Å². The van der Waals surface area contributed by atoms with E-state index in [0.717, 1.165) is 0 Å². The lowest BCUT2D eigenvalue weighted by Crippen LogP contribution is -1.87. The minimum Gasteiger partial charge on any atom is -0.454 e. The molecule has 0 aliphatic rings. The molecule has 0 radical (unpaired) electrons. The van der Waals surface area contributed by atoms with Gasteiger partial charge in [0.1, 0.15) is 23.3 Å². The molecule has 0 saturated heterocycles. The third kappa shape index (κ3) is 2.30. The zero-order chi connectivity index (χ0) is 11.4. The molecule has 0 bridgehead atoms. The van der Waals surface area contributed by atoms with Crippen LogP contribution in [0.5, 0.6) is 11.5 Å². The van der Waals surface area contributed by atoms with Gasteiger partial charge in [-0.05, 0) is 24.3 Å². The topological polar surface area (TPSA) is 45.9 Å². The quantitative estimate of drug-likeness (QED) is 0.794. The first-order valence-corrected chi connectivity index (χ1v) is 4.96. The normalized spacial score (nSPS) is 9.50. The molecular formula is C12H7ClN2O. The number of aromatic nitrogens is 1. The highest BCUT2D eigenvalue weighted by molar-refractivity contribution is 6.32. The fraction of sp³-hybridized carbons (Fsp3) is 0. The van der Waals surface area contributed by atoms with E-state index in [-0.39, 0.29) is 0 Å². The van der Waals surface area contributed by atoms with Crippen molar-refractivity contribution in [3.63, 3.8) is 0 Å². The highest BCUT2D eigenvalue weighted by Crippen LogP contribution is 2.28. The molecule has 0 aliphatic heterocycles. The van der Waals surface area contributed by atoms with Crippen molar-refractivity contribution < 1.29 is 4.74 Å². The van der Waals surface area contributed by atoms with E-state index in [4.69, 9.17) is 21.6 Å². The van der Waals surface area contributed by atoms with Crippen LogP contribution < -0.4 is 4.74 Å². The summed E-state index contributed by atoms with van der Waals surface area (Å²) in [6.07, 6.45) is 1.49. The van der Waals surface area contributed by atoms with Crippen LogP contribution in [0.1, 0.15) is 5.69 Å². The Balaban J connectivity index is 2.22. The predicted molar refractivity (Wildman–Crippen MR) is 60.5 cm³/mol. The molecule has 4 heteroatoms. The predicted octanol–water partition coefficient (Wildman–Crippen LogP) is 3.40. The molecule has 1 aromatic carbocycles. The number of halogens is 1. The summed E-state index contributed by atoms with van der Waals surface area (Å²) in [6, 6.07) is 12.4. The van der Waals surface area contributed by atoms with Crippen LogP contribution in [0, 0.1) is 11.3 Å². The molecule has 0 atom stereocenters. The maximum absolute atomic E-state index is 8.59. The minimum atomic E-state index is 0.353. The molecule has 0 amide bonds. The number of hydrogen-bond acceptors (Lipinski definition) is 3. The lowest BCUT2D eigenvalue weighted by molar-refractivity contribution is 0.480. The molecule has 16 heavy (non-hydrogen) atoms. The Bertz CT molecular complexity index is 531. The number of nitriles is 1. The van der Waals surface area contributed by atoms with Crippen LogP contribution in [0.4, 0.5) is 0 Å². The molecule has 0 saturated carbocycles. The summed E-state index contributed by atoms with van der Waals surface area (Å²) in [4.78, 5) is 3.89. The summed E-state index contributed by atoms with van der Waals surface area (Å²) in [5.74, 6) is 1.11. The first-order chi connectivity index (χ1) is 7.79. The zero-order valence-electron chi connectivity index (χ0n) is 8.22. The number of nitrogens with zero attached hydrogens (tertiary/aromatic N) is 2. The standard InChI is InChI=1S/C12H7ClN2O/c13-11-3-1-2-4-12(11)16-10-6-5-9(7-14)15-8-10/h1-6,8H. The number of rotatable bonds is 2. The average Bonchev–Trinajstić information content (AvgIpc) is 2.33. The highest BCUT2D eigenvalue weighted by atomic mass is 35.5. The largest absolute Gasteiger partial charge is 0.454 e. The van der Waals surface area contributed by atoms with Crippen molar-refractivity contribution in [2.24, 2.45) is 0 Å². The van der Waals surface area contributed by atoms with E-state index in [1.807, 2.05) is 18.2 Å². The van der Waals surface area contributed by atoms with E-state index in [9.17, 15) is 0 Å². The van der Waals surface area contributed by atoms with Gasteiger partial charge in [-0.2, -0.15) is 5.26 Å². The number of para-hydroxylation sites is 1. The number of ether oxygens (including phenoxy) is 1. The summed E-state index contributed by atoms with van der Waals surface area (Å²) >= 11 is 5.93. The Hall–Kier alpha value is -2.05. The van der Waals surface area contributed by atoms with Gasteiger partial charge in [0, 0.05) is 0 Å².